The zero-order chi connectivity index (χ0) is 22.1. The molecule has 0 aromatic heterocycles. The maximum atomic E-state index is 13.4. The first-order valence-electron chi connectivity index (χ1n) is 11.3. The van der Waals surface area contributed by atoms with Gasteiger partial charge in [0.2, 0.25) is 0 Å². The molecular weight excluding hydrogens is 391 g/mol. The van der Waals surface area contributed by atoms with Crippen molar-refractivity contribution in [3.05, 3.63) is 64.8 Å². The van der Waals surface area contributed by atoms with Crippen LogP contribution in [0.25, 0.3) is 0 Å². The van der Waals surface area contributed by atoms with E-state index >= 15 is 0 Å². The van der Waals surface area contributed by atoms with Gasteiger partial charge in [-0.2, -0.15) is 0 Å². The van der Waals surface area contributed by atoms with E-state index in [2.05, 4.69) is 36.9 Å². The molecule has 1 unspecified atom stereocenters. The zero-order valence-corrected chi connectivity index (χ0v) is 18.9. The van der Waals surface area contributed by atoms with E-state index in [1.807, 2.05) is 5.01 Å². The van der Waals surface area contributed by atoms with Crippen molar-refractivity contribution < 1.29 is 9.18 Å². The van der Waals surface area contributed by atoms with Gasteiger partial charge in [-0.05, 0) is 67.5 Å². The molecule has 0 radical (unpaired) electrons. The van der Waals surface area contributed by atoms with Crippen molar-refractivity contribution in [1.82, 2.24) is 15.6 Å². The van der Waals surface area contributed by atoms with Crippen LogP contribution in [0.3, 0.4) is 0 Å². The minimum Gasteiger partial charge on any atom is -0.335 e. The lowest BCUT2D eigenvalue weighted by Crippen LogP contribution is -2.42. The highest BCUT2D eigenvalue weighted by Crippen LogP contribution is 2.49. The molecule has 1 aromatic rings. The Morgan fingerprint density at radius 2 is 2.06 bits per heavy atom. The van der Waals surface area contributed by atoms with Gasteiger partial charge in [-0.15, -0.1) is 0 Å². The zero-order valence-electron chi connectivity index (χ0n) is 18.9. The summed E-state index contributed by atoms with van der Waals surface area (Å²) in [5.41, 5.74) is 9.68. The minimum atomic E-state index is -0.228. The van der Waals surface area contributed by atoms with Crippen LogP contribution in [0.15, 0.2) is 59.0 Å². The van der Waals surface area contributed by atoms with Gasteiger partial charge in [0.15, 0.2) is 0 Å². The first-order chi connectivity index (χ1) is 14.9. The molecule has 2 N–H and O–H groups in total. The fraction of sp³-hybridized carbons (Fsp3) is 0.480. The highest BCUT2D eigenvalue weighted by atomic mass is 19.1. The number of benzene rings is 1. The van der Waals surface area contributed by atoms with Gasteiger partial charge in [0, 0.05) is 37.8 Å². The number of halogens is 1. The van der Waals surface area contributed by atoms with Gasteiger partial charge in [0.1, 0.15) is 5.82 Å². The summed E-state index contributed by atoms with van der Waals surface area (Å²) in [6.45, 7) is 4.46. The van der Waals surface area contributed by atoms with Crippen LogP contribution in [0.5, 0.6) is 0 Å². The smallest absolute Gasteiger partial charge is 0.317 e. The number of fused-ring (bicyclic) bond motifs is 1. The van der Waals surface area contributed by atoms with E-state index in [-0.39, 0.29) is 17.9 Å². The fourth-order valence-electron chi connectivity index (χ4n) is 5.21. The number of nitrogens with one attached hydrogen (secondary N) is 2. The monoisotopic (exact) mass is 424 g/mol. The van der Waals surface area contributed by atoms with Crippen LogP contribution in [-0.2, 0) is 0 Å². The molecule has 1 aliphatic heterocycles. The molecule has 4 rings (SSSR count). The van der Waals surface area contributed by atoms with E-state index in [0.29, 0.717) is 11.8 Å². The van der Waals surface area contributed by atoms with Crippen LogP contribution in [0.4, 0.5) is 14.9 Å². The predicted molar refractivity (Wildman–Crippen MR) is 123 cm³/mol. The van der Waals surface area contributed by atoms with Crippen molar-refractivity contribution in [3.63, 3.8) is 0 Å². The van der Waals surface area contributed by atoms with Crippen molar-refractivity contribution in [2.45, 2.75) is 52.0 Å². The number of hydrogen-bond donors (Lipinski definition) is 2. The standard InChI is InChI=1S/C25H33FN4O/c1-5-6-20(28-25(31)29(3)4)13-17-7-8-18-14-23-22(16(2)24(17)18)15-27-30(23)21-11-9-19(26)10-12-21/h9-12,14-17,20,27H,5-8,13H2,1-4H3,(H,28,31)/t16-,17+,20?/m0/s1. The molecule has 1 aromatic carbocycles. The summed E-state index contributed by atoms with van der Waals surface area (Å²) < 4.78 is 13.4. The third kappa shape index (κ3) is 4.21. The second-order valence-corrected chi connectivity index (χ2v) is 9.07. The number of anilines is 1. The second kappa shape index (κ2) is 8.77. The molecule has 6 heteroatoms. The maximum Gasteiger partial charge on any atom is 0.317 e. The Kier molecular flexibility index (Phi) is 6.08. The van der Waals surface area contributed by atoms with E-state index < -0.39 is 0 Å². The van der Waals surface area contributed by atoms with Gasteiger partial charge >= 0.3 is 6.03 Å². The van der Waals surface area contributed by atoms with Gasteiger partial charge in [0.25, 0.3) is 0 Å². The second-order valence-electron chi connectivity index (χ2n) is 9.07. The Morgan fingerprint density at radius 1 is 1.32 bits per heavy atom. The highest BCUT2D eigenvalue weighted by molar-refractivity contribution is 5.73. The van der Waals surface area contributed by atoms with Crippen molar-refractivity contribution >= 4 is 11.7 Å². The van der Waals surface area contributed by atoms with E-state index in [1.165, 1.54) is 28.9 Å². The molecule has 1 heterocycles. The van der Waals surface area contributed by atoms with Crippen molar-refractivity contribution in [3.8, 4) is 0 Å². The normalized spacial score (nSPS) is 22.9. The van der Waals surface area contributed by atoms with Gasteiger partial charge < -0.3 is 15.6 Å². The Morgan fingerprint density at radius 3 is 2.74 bits per heavy atom. The molecule has 2 aliphatic carbocycles. The molecule has 0 fully saturated rings. The lowest BCUT2D eigenvalue weighted by atomic mass is 9.78. The molecule has 5 nitrogen and oxygen atoms in total. The lowest BCUT2D eigenvalue weighted by Gasteiger charge is -2.31. The van der Waals surface area contributed by atoms with E-state index in [1.54, 1.807) is 31.1 Å². The topological polar surface area (TPSA) is 47.6 Å². The van der Waals surface area contributed by atoms with Crippen molar-refractivity contribution in [2.75, 3.05) is 19.1 Å². The molecule has 166 valence electrons. The van der Waals surface area contributed by atoms with Gasteiger partial charge in [-0.1, -0.05) is 25.8 Å². The maximum absolute atomic E-state index is 13.4. The summed E-state index contributed by atoms with van der Waals surface area (Å²) in [4.78, 5) is 13.8. The van der Waals surface area contributed by atoms with Gasteiger partial charge in [-0.3, -0.25) is 5.01 Å². The lowest BCUT2D eigenvalue weighted by molar-refractivity contribution is 0.209. The number of hydrazine groups is 1. The van der Waals surface area contributed by atoms with E-state index in [0.717, 1.165) is 43.5 Å². The van der Waals surface area contributed by atoms with Crippen molar-refractivity contribution in [1.29, 1.82) is 0 Å². The van der Waals surface area contributed by atoms with Crippen LogP contribution in [-0.4, -0.2) is 31.1 Å². The minimum absolute atomic E-state index is 0.0119. The molecule has 0 spiro atoms. The average molecular weight is 425 g/mol. The third-order valence-electron chi connectivity index (χ3n) is 6.73. The molecule has 3 atom stereocenters. The van der Waals surface area contributed by atoms with Crippen LogP contribution in [0, 0.1) is 17.7 Å². The number of carbonyl (C=O) groups is 1. The summed E-state index contributed by atoms with van der Waals surface area (Å²) in [5.74, 6) is 0.587. The highest BCUT2D eigenvalue weighted by Gasteiger charge is 2.38. The van der Waals surface area contributed by atoms with E-state index in [4.69, 9.17) is 0 Å². The fourth-order valence-corrected chi connectivity index (χ4v) is 5.21. The number of amides is 2. The Hall–Kier alpha value is -2.76. The molecule has 2 amide bonds. The molecule has 31 heavy (non-hydrogen) atoms. The first kappa shape index (κ1) is 21.5. The summed E-state index contributed by atoms with van der Waals surface area (Å²) in [5, 5.41) is 5.26. The molecule has 0 bridgehead atoms. The van der Waals surface area contributed by atoms with Crippen molar-refractivity contribution in [2.24, 2.45) is 11.8 Å². The first-order valence-corrected chi connectivity index (χ1v) is 11.3. The van der Waals surface area contributed by atoms with E-state index in [9.17, 15) is 9.18 Å². The van der Waals surface area contributed by atoms with Crippen LogP contribution >= 0.6 is 0 Å². The van der Waals surface area contributed by atoms with Gasteiger partial charge in [-0.25, -0.2) is 9.18 Å². The number of urea groups is 1. The Labute approximate surface area is 184 Å². The predicted octanol–water partition coefficient (Wildman–Crippen LogP) is 5.10. The summed E-state index contributed by atoms with van der Waals surface area (Å²) in [6.07, 6.45) is 9.62. The Balaban J connectivity index is 1.55. The molecular formula is C25H33FN4O. The number of rotatable bonds is 6. The molecule has 0 saturated heterocycles. The summed E-state index contributed by atoms with van der Waals surface area (Å²) >= 11 is 0. The number of hydrogen-bond acceptors (Lipinski definition) is 3. The Bertz CT molecular complexity index is 931. The SMILES string of the molecule is CCCC(C[C@H]1CCC2=C1[C@@H](C)C1=CNN(c3ccc(F)cc3)C1=C2)NC(=O)N(C)C. The molecule has 0 saturated carbocycles. The van der Waals surface area contributed by atoms with Crippen LogP contribution in [0.2, 0.25) is 0 Å². The number of nitrogens with zero attached hydrogens (tertiary/aromatic N) is 2. The van der Waals surface area contributed by atoms with Gasteiger partial charge in [0.05, 0.1) is 11.4 Å². The number of allylic oxidation sites excluding steroid dienone is 4. The third-order valence-corrected chi connectivity index (χ3v) is 6.73. The summed E-state index contributed by atoms with van der Waals surface area (Å²) in [6, 6.07) is 6.77. The largest absolute Gasteiger partial charge is 0.335 e. The van der Waals surface area contributed by atoms with Crippen LogP contribution < -0.4 is 15.8 Å². The average Bonchev–Trinajstić information content (AvgIpc) is 3.34. The molecule has 3 aliphatic rings. The van der Waals surface area contributed by atoms with Crippen LogP contribution in [0.1, 0.15) is 46.0 Å². The summed E-state index contributed by atoms with van der Waals surface area (Å²) in [7, 11) is 3.58. The quantitative estimate of drug-likeness (QED) is 0.668. The number of carbonyl (C=O) groups excluding carboxylic acids is 1.